The van der Waals surface area contributed by atoms with E-state index in [0.717, 1.165) is 0 Å². The summed E-state index contributed by atoms with van der Waals surface area (Å²) in [6.45, 7) is 0.801. The molecule has 320 valence electrons. The zero-order valence-electron chi connectivity index (χ0n) is 32.0. The van der Waals surface area contributed by atoms with Gasteiger partial charge in [0.15, 0.2) is 17.9 Å². The van der Waals surface area contributed by atoms with Gasteiger partial charge in [0.05, 0.1) is 6.54 Å². The molecule has 0 rings (SSSR count). The Hall–Kier alpha value is -5.49. The van der Waals surface area contributed by atoms with Crippen molar-refractivity contribution in [1.29, 1.82) is 16.2 Å². The Morgan fingerprint density at radius 2 is 0.732 bits per heavy atom. The van der Waals surface area contributed by atoms with Crippen molar-refractivity contribution in [2.24, 2.45) is 34.4 Å². The molecular formula is C32H65N17O7. The van der Waals surface area contributed by atoms with Crippen molar-refractivity contribution in [3.8, 4) is 0 Å². The van der Waals surface area contributed by atoms with E-state index in [2.05, 4.69) is 42.5 Å². The molecule has 5 atom stereocenters. The topological polar surface area (TPSA) is 447 Å². The van der Waals surface area contributed by atoms with Crippen LogP contribution in [0.15, 0.2) is 0 Å². The Balaban J connectivity index is 6.25. The van der Waals surface area contributed by atoms with Crippen LogP contribution >= 0.6 is 0 Å². The first-order valence-electron chi connectivity index (χ1n) is 18.6. The number of hydrogen-bond donors (Lipinski definition) is 18. The van der Waals surface area contributed by atoms with Crippen LogP contribution in [0, 0.1) is 16.2 Å². The summed E-state index contributed by atoms with van der Waals surface area (Å²) in [7, 11) is 0. The summed E-state index contributed by atoms with van der Waals surface area (Å²) < 4.78 is 0. The third-order valence-corrected chi connectivity index (χ3v) is 8.20. The van der Waals surface area contributed by atoms with Gasteiger partial charge in [0, 0.05) is 19.6 Å². The van der Waals surface area contributed by atoms with Gasteiger partial charge in [-0.05, 0) is 90.1 Å². The van der Waals surface area contributed by atoms with Crippen LogP contribution in [0.1, 0.15) is 77.0 Å². The quantitative estimate of drug-likeness (QED) is 0.0177. The molecule has 0 aromatic rings. The van der Waals surface area contributed by atoms with E-state index in [4.69, 9.17) is 50.6 Å². The molecule has 0 heterocycles. The van der Waals surface area contributed by atoms with Gasteiger partial charge in [0.2, 0.25) is 29.5 Å². The zero-order valence-corrected chi connectivity index (χ0v) is 32.0. The van der Waals surface area contributed by atoms with Crippen LogP contribution in [-0.4, -0.2) is 128 Å². The minimum absolute atomic E-state index is 0.00479. The Labute approximate surface area is 326 Å². The second kappa shape index (κ2) is 29.8. The van der Waals surface area contributed by atoms with Crippen molar-refractivity contribution < 1.29 is 33.9 Å². The van der Waals surface area contributed by atoms with Gasteiger partial charge in [-0.15, -0.1) is 0 Å². The lowest BCUT2D eigenvalue weighted by atomic mass is 10.0. The smallest absolute Gasteiger partial charge is 0.326 e. The molecule has 0 aliphatic rings. The number of hydrogen-bond acceptors (Lipinski definition) is 12. The molecule has 0 aliphatic carbocycles. The van der Waals surface area contributed by atoms with Crippen LogP contribution in [0.5, 0.6) is 0 Å². The fourth-order valence-corrected chi connectivity index (χ4v) is 5.25. The van der Waals surface area contributed by atoms with Gasteiger partial charge in [0.1, 0.15) is 30.2 Å². The molecule has 0 radical (unpaired) electrons. The third-order valence-electron chi connectivity index (χ3n) is 8.20. The number of nitrogens with one attached hydrogen (secondary N) is 11. The van der Waals surface area contributed by atoms with E-state index < -0.39 is 72.3 Å². The van der Waals surface area contributed by atoms with Gasteiger partial charge in [-0.1, -0.05) is 0 Å². The Kier molecular flexibility index (Phi) is 26.9. The van der Waals surface area contributed by atoms with Crippen LogP contribution in [-0.2, 0) is 28.8 Å². The van der Waals surface area contributed by atoms with Crippen molar-refractivity contribution in [2.45, 2.75) is 107 Å². The summed E-state index contributed by atoms with van der Waals surface area (Å²) in [6, 6.07) is -6.09. The summed E-state index contributed by atoms with van der Waals surface area (Å²) in [6.07, 6.45) is 2.94. The van der Waals surface area contributed by atoms with Crippen LogP contribution in [0.3, 0.4) is 0 Å². The van der Waals surface area contributed by atoms with E-state index in [0.29, 0.717) is 45.2 Å². The number of unbranched alkanes of at least 4 members (excludes halogenated alkanes) is 2. The second-order valence-corrected chi connectivity index (χ2v) is 12.9. The molecule has 0 aromatic carbocycles. The molecule has 0 aliphatic heterocycles. The van der Waals surface area contributed by atoms with Gasteiger partial charge in [-0.25, -0.2) is 4.79 Å². The van der Waals surface area contributed by atoms with E-state index in [1.54, 1.807) is 0 Å². The summed E-state index contributed by atoms with van der Waals surface area (Å²) in [5.74, 6) is -5.78. The summed E-state index contributed by atoms with van der Waals surface area (Å²) >= 11 is 0. The molecule has 0 bridgehead atoms. The number of aliphatic carboxylic acids is 1. The lowest BCUT2D eigenvalue weighted by molar-refractivity contribution is -0.142. The molecule has 0 fully saturated rings. The highest BCUT2D eigenvalue weighted by molar-refractivity contribution is 5.96. The number of guanidine groups is 3. The van der Waals surface area contributed by atoms with Gasteiger partial charge in [0.25, 0.3) is 0 Å². The molecule has 5 amide bonds. The van der Waals surface area contributed by atoms with Crippen LogP contribution in [0.25, 0.3) is 0 Å². The highest BCUT2D eigenvalue weighted by atomic mass is 16.4. The fraction of sp³-hybridized carbons (Fsp3) is 0.719. The average Bonchev–Trinajstić information content (AvgIpc) is 3.13. The zero-order chi connectivity index (χ0) is 42.5. The van der Waals surface area contributed by atoms with Gasteiger partial charge in [-0.2, -0.15) is 0 Å². The molecule has 0 spiro atoms. The lowest BCUT2D eigenvalue weighted by Gasteiger charge is -2.27. The molecule has 56 heavy (non-hydrogen) atoms. The highest BCUT2D eigenvalue weighted by Gasteiger charge is 2.32. The number of nitrogens with two attached hydrogens (primary N) is 6. The molecule has 0 aromatic heterocycles. The van der Waals surface area contributed by atoms with Crippen LogP contribution < -0.4 is 76.9 Å². The van der Waals surface area contributed by atoms with E-state index >= 15 is 0 Å². The highest BCUT2D eigenvalue weighted by Crippen LogP contribution is 2.09. The van der Waals surface area contributed by atoms with E-state index in [1.807, 2.05) is 0 Å². The van der Waals surface area contributed by atoms with Crippen molar-refractivity contribution in [3.05, 3.63) is 0 Å². The Bertz CT molecular complexity index is 1290. The number of carboxylic acid groups (broad SMARTS) is 1. The third kappa shape index (κ3) is 24.0. The average molecular weight is 800 g/mol. The Morgan fingerprint density at radius 3 is 1.02 bits per heavy atom. The minimum atomic E-state index is -1.34. The predicted octanol–water partition coefficient (Wildman–Crippen LogP) is -5.50. The van der Waals surface area contributed by atoms with E-state index in [-0.39, 0.29) is 82.5 Å². The maximum Gasteiger partial charge on any atom is 0.326 e. The number of carbonyl (C=O) groups excluding carboxylic acids is 5. The largest absolute Gasteiger partial charge is 0.480 e. The van der Waals surface area contributed by atoms with Crippen molar-refractivity contribution in [3.63, 3.8) is 0 Å². The molecule has 24 heteroatoms. The first-order chi connectivity index (χ1) is 26.6. The molecule has 0 unspecified atom stereocenters. The normalized spacial score (nSPS) is 13.3. The van der Waals surface area contributed by atoms with E-state index in [1.165, 1.54) is 0 Å². The Morgan fingerprint density at radius 1 is 0.446 bits per heavy atom. The number of carbonyl (C=O) groups is 6. The van der Waals surface area contributed by atoms with E-state index in [9.17, 15) is 33.9 Å². The van der Waals surface area contributed by atoms with Crippen molar-refractivity contribution >= 4 is 53.4 Å². The molecule has 24 N–H and O–H groups in total. The van der Waals surface area contributed by atoms with Gasteiger partial charge >= 0.3 is 5.97 Å². The standard InChI is InChI=1S/C32H65N17O7/c33-13-3-1-8-20(46-25(51)19(45-24(50)18-35)10-5-15-42-30(36)37)26(52)47-21(9-2-4-14-34)27(53)48-22(11-6-16-43-31(38)39)28(54)49-23(29(55)56)12-7-17-44-32(40)41/h19-23H,1-18,33-35H2,(H,45,50)(H,46,51)(H,47,52)(H,48,53)(H,49,54)(H,55,56)(H4,36,37,42)(H4,38,39,43)(H4,40,41,44)/t19-,20-,21-,22-,23-/m0/s1. The lowest BCUT2D eigenvalue weighted by Crippen LogP contribution is -2.59. The molecular weight excluding hydrogens is 734 g/mol. The number of amides is 5. The second-order valence-electron chi connectivity index (χ2n) is 12.9. The summed E-state index contributed by atoms with van der Waals surface area (Å²) in [4.78, 5) is 78.7. The summed E-state index contributed by atoms with van der Waals surface area (Å²) in [5, 5.41) is 52.4. The maximum absolute atomic E-state index is 13.8. The maximum atomic E-state index is 13.8. The minimum Gasteiger partial charge on any atom is -0.480 e. The van der Waals surface area contributed by atoms with Crippen molar-refractivity contribution in [2.75, 3.05) is 39.3 Å². The first-order valence-corrected chi connectivity index (χ1v) is 18.6. The predicted molar refractivity (Wildman–Crippen MR) is 210 cm³/mol. The number of rotatable bonds is 31. The fourth-order valence-electron chi connectivity index (χ4n) is 5.25. The first kappa shape index (κ1) is 50.5. The van der Waals surface area contributed by atoms with Gasteiger partial charge in [-0.3, -0.25) is 40.2 Å². The van der Waals surface area contributed by atoms with Crippen LogP contribution in [0.4, 0.5) is 0 Å². The van der Waals surface area contributed by atoms with Gasteiger partial charge < -0.3 is 82.0 Å². The summed E-state index contributed by atoms with van der Waals surface area (Å²) in [5.41, 5.74) is 32.7. The monoisotopic (exact) mass is 800 g/mol. The molecule has 24 nitrogen and oxygen atoms in total. The SMILES string of the molecule is N=C(N)NCCC[C@H](NC(=O)[C@H](CCCNC(=N)N)NC(=O)[C@H](CCCCN)NC(=O)[C@H](CCCCN)NC(=O)[C@H](CCCNC(=N)N)NC(=O)CN)C(=O)O. The molecule has 0 saturated carbocycles. The van der Waals surface area contributed by atoms with Crippen LogP contribution in [0.2, 0.25) is 0 Å². The number of carboxylic acids is 1. The molecule has 0 saturated heterocycles. The van der Waals surface area contributed by atoms with Crippen molar-refractivity contribution in [1.82, 2.24) is 42.5 Å².